The molecule has 0 fully saturated rings. The van der Waals surface area contributed by atoms with Crippen LogP contribution in [0.3, 0.4) is 0 Å². The average Bonchev–Trinajstić information content (AvgIpc) is 2.45. The van der Waals surface area contributed by atoms with Gasteiger partial charge in [0, 0.05) is 0 Å². The minimum Gasteiger partial charge on any atom is -0.444 e. The van der Waals surface area contributed by atoms with Crippen molar-refractivity contribution in [3.8, 4) is 0 Å². The molecule has 0 rings (SSSR count). The van der Waals surface area contributed by atoms with Crippen LogP contribution in [0.25, 0.3) is 0 Å². The molecule has 0 spiro atoms. The predicted molar refractivity (Wildman–Crippen MR) is 83.3 cm³/mol. The van der Waals surface area contributed by atoms with Gasteiger partial charge in [-0.1, -0.05) is 0 Å². The number of amides is 1. The zero-order valence-electron chi connectivity index (χ0n) is 14.5. The zero-order valence-corrected chi connectivity index (χ0v) is 14.5. The van der Waals surface area contributed by atoms with Crippen molar-refractivity contribution in [2.45, 2.75) is 45.6 Å². The highest BCUT2D eigenvalue weighted by Gasteiger charge is 2.17. The Morgan fingerprint density at radius 2 is 1.78 bits per heavy atom. The van der Waals surface area contributed by atoms with E-state index in [1.807, 2.05) is 0 Å². The molecule has 2 atom stereocenters. The molecule has 0 aliphatic carbocycles. The van der Waals surface area contributed by atoms with Gasteiger partial charge < -0.3 is 29.4 Å². The van der Waals surface area contributed by atoms with E-state index in [9.17, 15) is 9.18 Å². The summed E-state index contributed by atoms with van der Waals surface area (Å²) < 4.78 is 34.0. The van der Waals surface area contributed by atoms with Crippen molar-refractivity contribution in [2.75, 3.05) is 46.2 Å². The monoisotopic (exact) mass is 339 g/mol. The quantitative estimate of drug-likeness (QED) is 0.521. The number of carbonyl (C=O) groups is 1. The Morgan fingerprint density at radius 3 is 2.39 bits per heavy atom. The minimum atomic E-state index is -1.31. The molecule has 8 heteroatoms. The van der Waals surface area contributed by atoms with Crippen molar-refractivity contribution in [1.82, 2.24) is 5.32 Å². The summed E-state index contributed by atoms with van der Waals surface area (Å²) in [6.07, 6.45) is -2.17. The Morgan fingerprint density at radius 1 is 1.17 bits per heavy atom. The highest BCUT2D eigenvalue weighted by Crippen LogP contribution is 2.06. The third-order valence-electron chi connectivity index (χ3n) is 2.42. The second-order valence-electron chi connectivity index (χ2n) is 6.03. The number of hydrogen-bond acceptors (Lipinski definition) is 6. The normalized spacial score (nSPS) is 14.3. The zero-order chi connectivity index (χ0) is 17.7. The SMILES string of the molecule is CC(CO)OCCOCCOCC(F)CNC(=O)OC(C)(C)C. The number of ether oxygens (including phenoxy) is 4. The van der Waals surface area contributed by atoms with Crippen molar-refractivity contribution in [3.05, 3.63) is 0 Å². The molecule has 0 bridgehead atoms. The maximum Gasteiger partial charge on any atom is 0.407 e. The van der Waals surface area contributed by atoms with Crippen LogP contribution in [-0.2, 0) is 18.9 Å². The topological polar surface area (TPSA) is 86.3 Å². The fourth-order valence-electron chi connectivity index (χ4n) is 1.36. The van der Waals surface area contributed by atoms with Gasteiger partial charge in [-0.05, 0) is 27.7 Å². The molecule has 2 unspecified atom stereocenters. The molecule has 0 aliphatic heterocycles. The predicted octanol–water partition coefficient (Wildman–Crippen LogP) is 1.28. The minimum absolute atomic E-state index is 0.0294. The standard InChI is InChI=1S/C15H30FNO6/c1-12(10-18)22-8-7-20-5-6-21-11-13(16)9-17-14(19)23-15(2,3)4/h12-13,18H,5-11H2,1-4H3,(H,17,19). The molecule has 0 radical (unpaired) electrons. The van der Waals surface area contributed by atoms with Gasteiger partial charge in [0.15, 0.2) is 0 Å². The first kappa shape index (κ1) is 22.0. The highest BCUT2D eigenvalue weighted by atomic mass is 19.1. The van der Waals surface area contributed by atoms with Gasteiger partial charge >= 0.3 is 6.09 Å². The summed E-state index contributed by atoms with van der Waals surface area (Å²) in [7, 11) is 0. The number of halogens is 1. The number of hydrogen-bond donors (Lipinski definition) is 2. The van der Waals surface area contributed by atoms with Gasteiger partial charge in [-0.3, -0.25) is 0 Å². The van der Waals surface area contributed by atoms with Gasteiger partial charge in [0.05, 0.1) is 52.3 Å². The Balaban J connectivity index is 3.43. The lowest BCUT2D eigenvalue weighted by Crippen LogP contribution is -2.37. The Bertz CT molecular complexity index is 311. The van der Waals surface area contributed by atoms with Gasteiger partial charge in [-0.25, -0.2) is 9.18 Å². The molecule has 0 heterocycles. The van der Waals surface area contributed by atoms with Crippen LogP contribution in [-0.4, -0.2) is 75.3 Å². The number of rotatable bonds is 12. The van der Waals surface area contributed by atoms with Gasteiger partial charge in [0.1, 0.15) is 11.8 Å². The van der Waals surface area contributed by atoms with Crippen LogP contribution < -0.4 is 5.32 Å². The molecular formula is C15H30FNO6. The molecule has 0 aromatic heterocycles. The van der Waals surface area contributed by atoms with Crippen molar-refractivity contribution < 1.29 is 33.2 Å². The van der Waals surface area contributed by atoms with Gasteiger partial charge in [-0.15, -0.1) is 0 Å². The molecule has 0 saturated carbocycles. The average molecular weight is 339 g/mol. The first-order valence-electron chi connectivity index (χ1n) is 7.73. The number of alkyl halides is 1. The van der Waals surface area contributed by atoms with Crippen molar-refractivity contribution in [3.63, 3.8) is 0 Å². The lowest BCUT2D eigenvalue weighted by molar-refractivity contribution is -0.0252. The molecule has 0 aromatic rings. The molecular weight excluding hydrogens is 309 g/mol. The maximum atomic E-state index is 13.5. The van der Waals surface area contributed by atoms with E-state index in [2.05, 4.69) is 5.32 Å². The van der Waals surface area contributed by atoms with Crippen LogP contribution in [0.15, 0.2) is 0 Å². The molecule has 1 amide bonds. The van der Waals surface area contributed by atoms with Crippen molar-refractivity contribution >= 4 is 6.09 Å². The van der Waals surface area contributed by atoms with E-state index in [-0.39, 0.29) is 32.5 Å². The summed E-state index contributed by atoms with van der Waals surface area (Å²) in [5.41, 5.74) is -0.609. The lowest BCUT2D eigenvalue weighted by atomic mass is 10.2. The summed E-state index contributed by atoms with van der Waals surface area (Å²) in [6.45, 7) is 7.98. The third kappa shape index (κ3) is 15.7. The number of nitrogens with one attached hydrogen (secondary N) is 1. The molecule has 0 saturated heterocycles. The van der Waals surface area contributed by atoms with E-state index in [4.69, 9.17) is 24.1 Å². The molecule has 2 N–H and O–H groups in total. The van der Waals surface area contributed by atoms with Gasteiger partial charge in [0.2, 0.25) is 0 Å². The number of alkyl carbamates (subject to hydrolysis) is 1. The van der Waals surface area contributed by atoms with Crippen LogP contribution in [0, 0.1) is 0 Å². The maximum absolute atomic E-state index is 13.5. The molecule has 0 aliphatic rings. The molecule has 138 valence electrons. The van der Waals surface area contributed by atoms with E-state index in [1.165, 1.54) is 0 Å². The van der Waals surface area contributed by atoms with Crippen LogP contribution in [0.4, 0.5) is 9.18 Å². The van der Waals surface area contributed by atoms with Gasteiger partial charge in [-0.2, -0.15) is 0 Å². The van der Waals surface area contributed by atoms with Crippen molar-refractivity contribution in [2.24, 2.45) is 0 Å². The van der Waals surface area contributed by atoms with Crippen LogP contribution in [0.5, 0.6) is 0 Å². The molecule has 0 aromatic carbocycles. The number of aliphatic hydroxyl groups is 1. The second-order valence-corrected chi connectivity index (χ2v) is 6.03. The van der Waals surface area contributed by atoms with Crippen LogP contribution >= 0.6 is 0 Å². The summed E-state index contributed by atoms with van der Waals surface area (Å²) in [5, 5.41) is 11.1. The Labute approximate surface area is 137 Å². The summed E-state index contributed by atoms with van der Waals surface area (Å²) in [5.74, 6) is 0. The Hall–Kier alpha value is -0.960. The van der Waals surface area contributed by atoms with E-state index < -0.39 is 17.9 Å². The van der Waals surface area contributed by atoms with Crippen LogP contribution in [0.2, 0.25) is 0 Å². The summed E-state index contributed by atoms with van der Waals surface area (Å²) >= 11 is 0. The first-order valence-corrected chi connectivity index (χ1v) is 7.73. The summed E-state index contributed by atoms with van der Waals surface area (Å²) in [4.78, 5) is 11.3. The second kappa shape index (κ2) is 12.5. The Kier molecular flexibility index (Phi) is 11.9. The number of aliphatic hydroxyl groups excluding tert-OH is 1. The lowest BCUT2D eigenvalue weighted by Gasteiger charge is -2.20. The largest absolute Gasteiger partial charge is 0.444 e. The summed E-state index contributed by atoms with van der Waals surface area (Å²) in [6, 6.07) is 0. The van der Waals surface area contributed by atoms with Crippen molar-refractivity contribution in [1.29, 1.82) is 0 Å². The highest BCUT2D eigenvalue weighted by molar-refractivity contribution is 5.67. The van der Waals surface area contributed by atoms with E-state index >= 15 is 0 Å². The first-order chi connectivity index (χ1) is 10.7. The van der Waals surface area contributed by atoms with Crippen LogP contribution in [0.1, 0.15) is 27.7 Å². The van der Waals surface area contributed by atoms with E-state index in [0.717, 1.165) is 0 Å². The van der Waals surface area contributed by atoms with Gasteiger partial charge in [0.25, 0.3) is 0 Å². The number of carbonyl (C=O) groups excluding carboxylic acids is 1. The molecule has 23 heavy (non-hydrogen) atoms. The molecule has 7 nitrogen and oxygen atoms in total. The van der Waals surface area contributed by atoms with E-state index in [1.54, 1.807) is 27.7 Å². The fourth-order valence-corrected chi connectivity index (χ4v) is 1.36. The third-order valence-corrected chi connectivity index (χ3v) is 2.42. The van der Waals surface area contributed by atoms with E-state index in [0.29, 0.717) is 19.8 Å². The smallest absolute Gasteiger partial charge is 0.407 e. The fraction of sp³-hybridized carbons (Fsp3) is 0.933.